The van der Waals surface area contributed by atoms with E-state index >= 15 is 0 Å². The average Bonchev–Trinajstić information content (AvgIpc) is 2.07. The highest BCUT2D eigenvalue weighted by Gasteiger charge is 2.16. The van der Waals surface area contributed by atoms with E-state index in [4.69, 9.17) is 28.1 Å². The Morgan fingerprint density at radius 3 is 2.71 bits per heavy atom. The summed E-state index contributed by atoms with van der Waals surface area (Å²) in [5.41, 5.74) is 6.56. The zero-order valence-corrected chi connectivity index (χ0v) is 9.10. The maximum atomic E-state index is 7.70. The van der Waals surface area contributed by atoms with Crippen molar-refractivity contribution in [1.82, 2.24) is 0 Å². The number of rotatable bonds is 3. The molecule has 3 nitrogen and oxygen atoms in total. The van der Waals surface area contributed by atoms with Gasteiger partial charge in [-0.15, -0.1) is 0 Å². The number of thiocarbonyl (C=S) groups is 1. The molecule has 0 aromatic heterocycles. The van der Waals surface area contributed by atoms with Crippen LogP contribution in [0.25, 0.3) is 0 Å². The van der Waals surface area contributed by atoms with Gasteiger partial charge in [0.1, 0.15) is 11.1 Å². The van der Waals surface area contributed by atoms with Crippen molar-refractivity contribution < 1.29 is 4.74 Å². The molecule has 0 radical (unpaired) electrons. The van der Waals surface area contributed by atoms with Crippen LogP contribution >= 0.6 is 12.2 Å². The van der Waals surface area contributed by atoms with Crippen molar-refractivity contribution >= 4 is 22.9 Å². The van der Waals surface area contributed by atoms with Crippen LogP contribution in [-0.2, 0) is 4.74 Å². The molecule has 76 valence electrons. The van der Waals surface area contributed by atoms with Gasteiger partial charge in [-0.2, -0.15) is 0 Å². The van der Waals surface area contributed by atoms with Crippen LogP contribution in [0, 0.1) is 5.41 Å². The van der Waals surface area contributed by atoms with Crippen LogP contribution in [0.15, 0.2) is 23.8 Å². The zero-order valence-electron chi connectivity index (χ0n) is 8.28. The van der Waals surface area contributed by atoms with E-state index in [2.05, 4.69) is 0 Å². The lowest BCUT2D eigenvalue weighted by atomic mass is 10.0. The molecule has 1 atom stereocenters. The zero-order chi connectivity index (χ0) is 10.7. The summed E-state index contributed by atoms with van der Waals surface area (Å²) in [6.07, 6.45) is 5.08. The standard InChI is InChI=1S/C10H14N2OS/c1-6(2)13-9-4-3-7(10(12)14)5-8(9)11/h3-6,9,11H,1-2H3,(H2,12,14). The second kappa shape index (κ2) is 4.48. The Labute approximate surface area is 89.1 Å². The first-order chi connectivity index (χ1) is 6.50. The molecule has 0 amide bonds. The molecular formula is C10H14N2OS. The largest absolute Gasteiger partial charge is 0.389 e. The molecule has 0 heterocycles. The first-order valence-corrected chi connectivity index (χ1v) is 4.85. The molecule has 0 aromatic carbocycles. The third kappa shape index (κ3) is 2.75. The highest BCUT2D eigenvalue weighted by molar-refractivity contribution is 7.80. The summed E-state index contributed by atoms with van der Waals surface area (Å²) in [6, 6.07) is 0. The van der Waals surface area contributed by atoms with Gasteiger partial charge in [0.25, 0.3) is 0 Å². The fraction of sp³-hybridized carbons (Fsp3) is 0.400. The second-order valence-electron chi connectivity index (χ2n) is 3.38. The van der Waals surface area contributed by atoms with Crippen molar-refractivity contribution in [3.63, 3.8) is 0 Å². The molecular weight excluding hydrogens is 196 g/mol. The molecule has 0 saturated carbocycles. The molecule has 14 heavy (non-hydrogen) atoms. The first-order valence-electron chi connectivity index (χ1n) is 4.44. The number of hydrogen-bond donors (Lipinski definition) is 2. The highest BCUT2D eigenvalue weighted by Crippen LogP contribution is 2.12. The lowest BCUT2D eigenvalue weighted by molar-refractivity contribution is 0.0711. The molecule has 1 aliphatic carbocycles. The molecule has 1 unspecified atom stereocenters. The monoisotopic (exact) mass is 210 g/mol. The van der Waals surface area contributed by atoms with Gasteiger partial charge in [0.15, 0.2) is 0 Å². The second-order valence-corrected chi connectivity index (χ2v) is 3.82. The van der Waals surface area contributed by atoms with Gasteiger partial charge in [-0.3, -0.25) is 0 Å². The van der Waals surface area contributed by atoms with E-state index in [9.17, 15) is 0 Å². The fourth-order valence-corrected chi connectivity index (χ4v) is 1.28. The van der Waals surface area contributed by atoms with Crippen molar-refractivity contribution in [1.29, 1.82) is 5.41 Å². The van der Waals surface area contributed by atoms with Crippen LogP contribution in [0.3, 0.4) is 0 Å². The van der Waals surface area contributed by atoms with E-state index < -0.39 is 0 Å². The van der Waals surface area contributed by atoms with Gasteiger partial charge in [-0.05, 0) is 26.0 Å². The minimum atomic E-state index is -0.270. The normalized spacial score (nSPS) is 21.2. The molecule has 0 aromatic rings. The van der Waals surface area contributed by atoms with E-state index in [-0.39, 0.29) is 12.2 Å². The number of hydrogen-bond acceptors (Lipinski definition) is 3. The van der Waals surface area contributed by atoms with Crippen LogP contribution in [-0.4, -0.2) is 22.9 Å². The third-order valence-corrected chi connectivity index (χ3v) is 2.01. The summed E-state index contributed by atoms with van der Waals surface area (Å²) in [5.74, 6) is 0. The SMILES string of the molecule is CC(C)OC1C=CC(C(N)=S)=CC1=N. The molecule has 0 saturated heterocycles. The van der Waals surface area contributed by atoms with Gasteiger partial charge in [0, 0.05) is 5.57 Å². The molecule has 1 rings (SSSR count). The Bertz CT molecular complexity index is 318. The van der Waals surface area contributed by atoms with Crippen LogP contribution in [0.1, 0.15) is 13.8 Å². The molecule has 0 spiro atoms. The Balaban J connectivity index is 2.71. The molecule has 0 fully saturated rings. The maximum absolute atomic E-state index is 7.70. The summed E-state index contributed by atoms with van der Waals surface area (Å²) in [7, 11) is 0. The van der Waals surface area contributed by atoms with Crippen LogP contribution in [0.5, 0.6) is 0 Å². The minimum absolute atomic E-state index is 0.102. The van der Waals surface area contributed by atoms with Crippen molar-refractivity contribution in [2.45, 2.75) is 26.1 Å². The summed E-state index contributed by atoms with van der Waals surface area (Å²) in [4.78, 5) is 0.314. The Morgan fingerprint density at radius 2 is 2.29 bits per heavy atom. The van der Waals surface area contributed by atoms with Gasteiger partial charge >= 0.3 is 0 Å². The molecule has 0 bridgehead atoms. The van der Waals surface area contributed by atoms with Crippen LogP contribution < -0.4 is 5.73 Å². The highest BCUT2D eigenvalue weighted by atomic mass is 32.1. The summed E-state index contributed by atoms with van der Waals surface area (Å²) < 4.78 is 5.49. The third-order valence-electron chi connectivity index (χ3n) is 1.77. The van der Waals surface area contributed by atoms with E-state index in [0.717, 1.165) is 0 Å². The van der Waals surface area contributed by atoms with Gasteiger partial charge in [-0.25, -0.2) is 0 Å². The maximum Gasteiger partial charge on any atom is 0.118 e. The topological polar surface area (TPSA) is 59.1 Å². The lowest BCUT2D eigenvalue weighted by Gasteiger charge is -2.19. The summed E-state index contributed by atoms with van der Waals surface area (Å²) >= 11 is 4.82. The molecule has 1 aliphatic rings. The van der Waals surface area contributed by atoms with E-state index in [1.54, 1.807) is 18.2 Å². The lowest BCUT2D eigenvalue weighted by Crippen LogP contribution is -2.27. The molecule has 3 N–H and O–H groups in total. The van der Waals surface area contributed by atoms with Gasteiger partial charge in [-0.1, -0.05) is 18.3 Å². The fourth-order valence-electron chi connectivity index (χ4n) is 1.16. The number of nitrogens with two attached hydrogens (primary N) is 1. The van der Waals surface area contributed by atoms with Crippen molar-refractivity contribution in [2.24, 2.45) is 5.73 Å². The smallest absolute Gasteiger partial charge is 0.118 e. The quantitative estimate of drug-likeness (QED) is 0.695. The van der Waals surface area contributed by atoms with Crippen molar-refractivity contribution in [2.75, 3.05) is 0 Å². The van der Waals surface area contributed by atoms with Crippen molar-refractivity contribution in [3.05, 3.63) is 23.8 Å². The number of ether oxygens (including phenoxy) is 1. The van der Waals surface area contributed by atoms with Crippen molar-refractivity contribution in [3.8, 4) is 0 Å². The Kier molecular flexibility index (Phi) is 3.55. The predicted molar refractivity (Wildman–Crippen MR) is 61.7 cm³/mol. The molecule has 0 aliphatic heterocycles. The first kappa shape index (κ1) is 11.1. The van der Waals surface area contributed by atoms with Gasteiger partial charge < -0.3 is 15.9 Å². The van der Waals surface area contributed by atoms with E-state index in [1.165, 1.54) is 0 Å². The Morgan fingerprint density at radius 1 is 1.64 bits per heavy atom. The average molecular weight is 210 g/mol. The van der Waals surface area contributed by atoms with Gasteiger partial charge in [0.05, 0.1) is 11.8 Å². The van der Waals surface area contributed by atoms with Crippen LogP contribution in [0.4, 0.5) is 0 Å². The predicted octanol–water partition coefficient (Wildman–Crippen LogP) is 1.58. The van der Waals surface area contributed by atoms with Gasteiger partial charge in [0.2, 0.25) is 0 Å². The summed E-state index contributed by atoms with van der Waals surface area (Å²) in [6.45, 7) is 3.88. The molecule has 4 heteroatoms. The van der Waals surface area contributed by atoms with E-state index in [1.807, 2.05) is 13.8 Å². The summed E-state index contributed by atoms with van der Waals surface area (Å²) in [5, 5.41) is 7.70. The Hall–Kier alpha value is -1.00. The minimum Gasteiger partial charge on any atom is -0.389 e. The number of nitrogens with one attached hydrogen (secondary N) is 1. The van der Waals surface area contributed by atoms with E-state index in [0.29, 0.717) is 16.3 Å². The van der Waals surface area contributed by atoms with Crippen LogP contribution in [0.2, 0.25) is 0 Å².